The number of nitrogens with one attached hydrogen (secondary N) is 13. The Bertz CT molecular complexity index is 2750. The topological polar surface area (TPSA) is 633 Å². The minimum absolute atomic E-state index is 0.00234. The maximum absolute atomic E-state index is 13.8. The number of aliphatic carboxylic acids is 2. The molecule has 0 fully saturated rings. The Kier molecular flexibility index (Phi) is 42.3. The molecule has 0 unspecified atom stereocenters. The number of guanidine groups is 1. The molecule has 0 aliphatic rings. The maximum Gasteiger partial charge on any atom is 0.328 e. The first kappa shape index (κ1) is 88.7. The molecule has 38 nitrogen and oxygen atoms in total. The Hall–Kier alpha value is -9.33. The number of rotatable bonds is 49. The molecule has 0 rings (SSSR count). The molecule has 0 aromatic carbocycles. The van der Waals surface area contributed by atoms with Crippen LogP contribution in [0.15, 0.2) is 4.99 Å². The zero-order chi connectivity index (χ0) is 75.1. The van der Waals surface area contributed by atoms with Gasteiger partial charge in [0.15, 0.2) is 5.96 Å². The molecular formula is C60H107N19O19. The van der Waals surface area contributed by atoms with Gasteiger partial charge in [-0.05, 0) is 102 Å². The lowest BCUT2D eigenvalue weighted by atomic mass is 9.97. The number of carbonyl (C=O) groups excluding carboxylic acids is 14. The van der Waals surface area contributed by atoms with Crippen LogP contribution in [-0.2, 0) is 76.7 Å². The molecule has 0 bridgehead atoms. The number of nitrogens with zero attached hydrogens (tertiary/aromatic N) is 1. The van der Waals surface area contributed by atoms with Gasteiger partial charge in [0.25, 0.3) is 0 Å². The lowest BCUT2D eigenvalue weighted by Crippen LogP contribution is -2.59. The van der Waals surface area contributed by atoms with Crippen LogP contribution in [0.5, 0.6) is 0 Å². The molecule has 12 atom stereocenters. The molecule has 0 saturated heterocycles. The van der Waals surface area contributed by atoms with Crippen molar-refractivity contribution in [3.05, 3.63) is 0 Å². The Balaban J connectivity index is 6.01. The lowest BCUT2D eigenvalue weighted by molar-refractivity contribution is -0.143. The van der Waals surface area contributed by atoms with E-state index in [-0.39, 0.29) is 81.7 Å². The van der Waals surface area contributed by atoms with E-state index in [0.717, 1.165) is 0 Å². The van der Waals surface area contributed by atoms with Crippen LogP contribution < -0.4 is 97.8 Å². The number of aliphatic hydroxyl groups excluding tert-OH is 1. The third-order valence-electron chi connectivity index (χ3n) is 14.6. The molecule has 0 radical (unpaired) electrons. The molecule has 38 heteroatoms. The fourth-order valence-electron chi connectivity index (χ4n) is 9.11. The van der Waals surface area contributed by atoms with Crippen molar-refractivity contribution in [1.29, 1.82) is 0 Å². The molecular weight excluding hydrogens is 1290 g/mol. The predicted molar refractivity (Wildman–Crippen MR) is 354 cm³/mol. The molecule has 0 spiro atoms. The van der Waals surface area contributed by atoms with Crippen molar-refractivity contribution in [2.75, 3.05) is 39.3 Å². The maximum atomic E-state index is 13.8. The number of amides is 14. The summed E-state index contributed by atoms with van der Waals surface area (Å²) >= 11 is 0. The number of primary amides is 1. The second-order valence-corrected chi connectivity index (χ2v) is 24.9. The van der Waals surface area contributed by atoms with Crippen LogP contribution in [0.3, 0.4) is 0 Å². The third kappa shape index (κ3) is 37.3. The molecule has 0 aromatic rings. The molecule has 98 heavy (non-hydrogen) atoms. The quantitative estimate of drug-likeness (QED) is 0.0153. The van der Waals surface area contributed by atoms with Crippen molar-refractivity contribution in [2.24, 2.45) is 57.3 Å². The van der Waals surface area contributed by atoms with Crippen LogP contribution in [0.2, 0.25) is 0 Å². The molecule has 0 aromatic heterocycles. The number of hydrogen-bond acceptors (Lipinski definition) is 20. The zero-order valence-electron chi connectivity index (χ0n) is 57.6. The summed E-state index contributed by atoms with van der Waals surface area (Å²) < 4.78 is 0. The first-order valence-corrected chi connectivity index (χ1v) is 32.5. The SMILES string of the molecule is CC[C@H](C)[C@H](NC(=O)[C@H](CCC(=O)O)NC(=O)CNC(=O)[C@H](CC(C)C)NC(=O)CNC(=O)[C@H](CCCCN)NC(=O)CNC(=O)[C@H](CC(N)=O)NC(=O)[C@H](CC(C)C)NC(=O)[C@H](C)NC(=O)[C@H](C)NC(=O)[C@H](CC(C)C)NC(=O)[C@@H](N)CCCN=C(N)N)C(=O)N[C@@H](CO)C(=O)O. The minimum Gasteiger partial charge on any atom is -0.481 e. The number of hydrogen-bond donors (Lipinski definition) is 21. The average molecular weight is 1400 g/mol. The highest BCUT2D eigenvalue weighted by Crippen LogP contribution is 2.13. The van der Waals surface area contributed by atoms with Gasteiger partial charge in [0.05, 0.1) is 38.7 Å². The average Bonchev–Trinajstić information content (AvgIpc) is 0.895. The second-order valence-electron chi connectivity index (χ2n) is 24.9. The highest BCUT2D eigenvalue weighted by Gasteiger charge is 2.35. The summed E-state index contributed by atoms with van der Waals surface area (Å²) in [7, 11) is 0. The largest absolute Gasteiger partial charge is 0.481 e. The standard InChI is InChI=1S/C60H107N19O19/c1-11-32(8)48(58(96)78-42(28-80)59(97)98)79-55(93)37(17-18-47(85)86)73-45(83)26-68-53(91)38(21-29(2)3)74-46(84)27-67-52(90)36(16-12-13-19-61)72-44(82)25-69-54(92)41(24-43(63)81)77-57(95)40(23-31(6)7)75-50(88)34(10)70-49(87)33(9)71-56(94)39(22-30(4)5)76-51(89)35(62)15-14-20-66-60(64)65/h29-42,48,80H,11-28,61-62H2,1-10H3,(H2,63,81)(H,67,90)(H,68,91)(H,69,92)(H,70,87)(H,71,94)(H,72,82)(H,73,83)(H,74,84)(H,75,88)(H,76,89)(H,77,95)(H,78,96)(H,79,93)(H,85,86)(H,97,98)(H4,64,65,66)/t32-,33-,34-,35-,36-,37-,38-,39-,40-,41-,42-,48-/m0/s1. The second kappa shape index (κ2) is 46.8. The first-order chi connectivity index (χ1) is 45.8. The summed E-state index contributed by atoms with van der Waals surface area (Å²) in [6.07, 6.45) is -0.248. The summed E-state index contributed by atoms with van der Waals surface area (Å²) in [5, 5.41) is 59.2. The van der Waals surface area contributed by atoms with E-state index in [2.05, 4.69) is 74.1 Å². The molecule has 0 aliphatic carbocycles. The van der Waals surface area contributed by atoms with Gasteiger partial charge in [-0.15, -0.1) is 0 Å². The van der Waals surface area contributed by atoms with Crippen molar-refractivity contribution in [3.63, 3.8) is 0 Å². The number of carboxylic acid groups (broad SMARTS) is 2. The minimum atomic E-state index is -1.72. The Morgan fingerprint density at radius 1 is 0.429 bits per heavy atom. The third-order valence-corrected chi connectivity index (χ3v) is 14.6. The molecule has 0 saturated carbocycles. The Labute approximate surface area is 569 Å². The number of unbranched alkanes of at least 4 members (excludes halogenated alkanes) is 1. The van der Waals surface area contributed by atoms with Crippen molar-refractivity contribution >= 4 is 101 Å². The van der Waals surface area contributed by atoms with Gasteiger partial charge in [0, 0.05) is 13.0 Å². The van der Waals surface area contributed by atoms with Crippen molar-refractivity contribution in [2.45, 2.75) is 213 Å². The number of aliphatic imine (C=N–C) groups is 1. The van der Waals surface area contributed by atoms with Gasteiger partial charge in [-0.25, -0.2) is 4.79 Å². The van der Waals surface area contributed by atoms with Gasteiger partial charge >= 0.3 is 11.9 Å². The molecule has 14 amide bonds. The van der Waals surface area contributed by atoms with Gasteiger partial charge in [-0.3, -0.25) is 76.9 Å². The summed E-state index contributed by atoms with van der Waals surface area (Å²) in [6.45, 7) is 13.4. The first-order valence-electron chi connectivity index (χ1n) is 32.5. The van der Waals surface area contributed by atoms with Crippen molar-refractivity contribution in [1.82, 2.24) is 69.1 Å². The van der Waals surface area contributed by atoms with E-state index in [0.29, 0.717) is 12.8 Å². The number of carboxylic acids is 2. The molecule has 0 aliphatic heterocycles. The Morgan fingerprint density at radius 3 is 1.27 bits per heavy atom. The van der Waals surface area contributed by atoms with Crippen LogP contribution >= 0.6 is 0 Å². The van der Waals surface area contributed by atoms with Gasteiger partial charge in [0.2, 0.25) is 82.7 Å². The Morgan fingerprint density at radius 2 is 0.827 bits per heavy atom. The van der Waals surface area contributed by atoms with E-state index in [1.807, 2.05) is 13.8 Å². The van der Waals surface area contributed by atoms with Crippen LogP contribution in [0.25, 0.3) is 0 Å². The van der Waals surface area contributed by atoms with Gasteiger partial charge < -0.3 is 113 Å². The van der Waals surface area contributed by atoms with Crippen LogP contribution in [-0.4, -0.2) is 222 Å². The fraction of sp³-hybridized carbons (Fsp3) is 0.717. The van der Waals surface area contributed by atoms with E-state index in [9.17, 15) is 92.0 Å². The van der Waals surface area contributed by atoms with Crippen LogP contribution in [0, 0.1) is 23.7 Å². The summed E-state index contributed by atoms with van der Waals surface area (Å²) in [5.74, 6) is -17.0. The van der Waals surface area contributed by atoms with E-state index in [1.165, 1.54) is 13.8 Å². The van der Waals surface area contributed by atoms with E-state index >= 15 is 0 Å². The molecule has 556 valence electrons. The number of carbonyl (C=O) groups is 16. The smallest absolute Gasteiger partial charge is 0.328 e. The summed E-state index contributed by atoms with van der Waals surface area (Å²) in [6, 6.07) is -15.1. The number of nitrogens with two attached hydrogens (primary N) is 5. The van der Waals surface area contributed by atoms with Gasteiger partial charge in [-0.1, -0.05) is 61.8 Å². The van der Waals surface area contributed by atoms with Gasteiger partial charge in [-0.2, -0.15) is 0 Å². The number of aliphatic hydroxyl groups is 1. The zero-order valence-corrected chi connectivity index (χ0v) is 57.6. The van der Waals surface area contributed by atoms with Crippen molar-refractivity contribution < 1.29 is 92.0 Å². The summed E-state index contributed by atoms with van der Waals surface area (Å²) in [4.78, 5) is 213. The highest BCUT2D eigenvalue weighted by atomic mass is 16.4. The van der Waals surface area contributed by atoms with Gasteiger partial charge in [0.1, 0.15) is 60.4 Å². The normalized spacial score (nSPS) is 14.7. The molecule has 0 heterocycles. The monoisotopic (exact) mass is 1400 g/mol. The van der Waals surface area contributed by atoms with Crippen LogP contribution in [0.4, 0.5) is 0 Å². The fourth-order valence-corrected chi connectivity index (χ4v) is 9.11. The highest BCUT2D eigenvalue weighted by molar-refractivity contribution is 5.99. The van der Waals surface area contributed by atoms with E-state index in [4.69, 9.17) is 28.7 Å². The molecule has 26 N–H and O–H groups in total. The van der Waals surface area contributed by atoms with Crippen molar-refractivity contribution in [3.8, 4) is 0 Å². The van der Waals surface area contributed by atoms with E-state index < -0.39 is 213 Å². The van der Waals surface area contributed by atoms with E-state index in [1.54, 1.807) is 41.5 Å². The van der Waals surface area contributed by atoms with Crippen LogP contribution in [0.1, 0.15) is 146 Å². The lowest BCUT2D eigenvalue weighted by Gasteiger charge is -2.27. The predicted octanol–water partition coefficient (Wildman–Crippen LogP) is -7.27. The summed E-state index contributed by atoms with van der Waals surface area (Å²) in [5.41, 5.74) is 27.8.